The number of esters is 1. The summed E-state index contributed by atoms with van der Waals surface area (Å²) in [5.74, 6) is -0.595. The molecular weight excluding hydrogens is 755 g/mol. The van der Waals surface area contributed by atoms with Crippen LogP contribution in [0.3, 0.4) is 0 Å². The fraction of sp³-hybridized carbons (Fsp3) is 0.636. The zero-order chi connectivity index (χ0) is 44.5. The first-order valence-corrected chi connectivity index (χ1v) is 24.7. The van der Waals surface area contributed by atoms with Gasteiger partial charge in [-0.25, -0.2) is 0 Å². The number of ether oxygens (including phenoxy) is 1. The summed E-state index contributed by atoms with van der Waals surface area (Å²) >= 11 is 0. The van der Waals surface area contributed by atoms with Crippen molar-refractivity contribution in [3.05, 3.63) is 109 Å². The van der Waals surface area contributed by atoms with Gasteiger partial charge >= 0.3 is 5.97 Å². The summed E-state index contributed by atoms with van der Waals surface area (Å²) in [5.41, 5.74) is 0. The van der Waals surface area contributed by atoms with Gasteiger partial charge in [-0.3, -0.25) is 9.59 Å². The van der Waals surface area contributed by atoms with Gasteiger partial charge in [-0.05, 0) is 83.5 Å². The van der Waals surface area contributed by atoms with Crippen LogP contribution in [-0.2, 0) is 14.3 Å². The lowest BCUT2D eigenvalue weighted by Gasteiger charge is -2.24. The van der Waals surface area contributed by atoms with E-state index in [2.05, 4.69) is 86.8 Å². The number of hydrogen-bond acceptors (Lipinski definition) is 5. The molecule has 0 bridgehead atoms. The summed E-state index contributed by atoms with van der Waals surface area (Å²) in [6.07, 6.45) is 64.4. The van der Waals surface area contributed by atoms with Gasteiger partial charge in [0.15, 0.2) is 0 Å². The molecule has 0 saturated heterocycles. The van der Waals surface area contributed by atoms with Crippen molar-refractivity contribution in [2.75, 3.05) is 6.61 Å². The van der Waals surface area contributed by atoms with E-state index in [1.54, 1.807) is 0 Å². The first-order valence-electron chi connectivity index (χ1n) is 24.7. The van der Waals surface area contributed by atoms with Gasteiger partial charge in [0, 0.05) is 6.42 Å². The smallest absolute Gasteiger partial charge is 0.306 e. The molecule has 6 nitrogen and oxygen atoms in total. The van der Waals surface area contributed by atoms with Crippen LogP contribution < -0.4 is 5.32 Å². The molecule has 3 N–H and O–H groups in total. The third kappa shape index (κ3) is 43.0. The van der Waals surface area contributed by atoms with Crippen LogP contribution in [0.15, 0.2) is 109 Å². The highest BCUT2D eigenvalue weighted by molar-refractivity contribution is 5.77. The normalized spacial score (nSPS) is 14.2. The molecule has 1 amide bonds. The van der Waals surface area contributed by atoms with E-state index in [1.165, 1.54) is 70.6 Å². The van der Waals surface area contributed by atoms with Crippen LogP contribution >= 0.6 is 0 Å². The highest BCUT2D eigenvalue weighted by atomic mass is 16.5. The number of carbonyl (C=O) groups is 2. The Labute approximate surface area is 375 Å². The molecule has 0 aliphatic rings. The molecule has 346 valence electrons. The van der Waals surface area contributed by atoms with E-state index in [1.807, 2.05) is 48.6 Å². The second-order valence-corrected chi connectivity index (χ2v) is 16.2. The molecular formula is C55H91NO5. The number of aliphatic hydroxyl groups is 2. The molecule has 0 heterocycles. The van der Waals surface area contributed by atoms with Gasteiger partial charge in [0.05, 0.1) is 25.2 Å². The Morgan fingerprint density at radius 1 is 0.508 bits per heavy atom. The highest BCUT2D eigenvalue weighted by Gasteiger charge is 2.24. The molecule has 6 heteroatoms. The Kier molecular flexibility index (Phi) is 44.9. The molecule has 61 heavy (non-hydrogen) atoms. The molecule has 0 aliphatic carbocycles. The molecule has 0 aliphatic heterocycles. The Morgan fingerprint density at radius 3 is 1.52 bits per heavy atom. The first kappa shape index (κ1) is 57.5. The maximum absolute atomic E-state index is 13.1. The van der Waals surface area contributed by atoms with Gasteiger partial charge in [-0.2, -0.15) is 0 Å². The van der Waals surface area contributed by atoms with Gasteiger partial charge < -0.3 is 20.3 Å². The topological polar surface area (TPSA) is 95.9 Å². The number of nitrogens with one attached hydrogen (secondary N) is 1. The van der Waals surface area contributed by atoms with E-state index in [4.69, 9.17) is 4.74 Å². The fourth-order valence-corrected chi connectivity index (χ4v) is 6.73. The third-order valence-corrected chi connectivity index (χ3v) is 10.5. The lowest BCUT2D eigenvalue weighted by atomic mass is 10.0. The molecule has 0 aromatic heterocycles. The van der Waals surface area contributed by atoms with Crippen LogP contribution in [-0.4, -0.2) is 46.9 Å². The minimum absolute atomic E-state index is 0.00859. The van der Waals surface area contributed by atoms with Crippen molar-refractivity contribution in [1.82, 2.24) is 5.32 Å². The lowest BCUT2D eigenvalue weighted by molar-refractivity contribution is -0.151. The third-order valence-electron chi connectivity index (χ3n) is 10.5. The van der Waals surface area contributed by atoms with E-state index in [0.29, 0.717) is 19.3 Å². The van der Waals surface area contributed by atoms with Crippen LogP contribution in [0.5, 0.6) is 0 Å². The van der Waals surface area contributed by atoms with E-state index < -0.39 is 18.2 Å². The number of hydrogen-bond donors (Lipinski definition) is 3. The summed E-state index contributed by atoms with van der Waals surface area (Å²) in [5, 5.41) is 23.6. The lowest BCUT2D eigenvalue weighted by Crippen LogP contribution is -2.46. The van der Waals surface area contributed by atoms with Crippen molar-refractivity contribution in [1.29, 1.82) is 0 Å². The van der Waals surface area contributed by atoms with Crippen LogP contribution in [0.2, 0.25) is 0 Å². The minimum atomic E-state index is -0.818. The van der Waals surface area contributed by atoms with E-state index in [9.17, 15) is 19.8 Å². The number of aliphatic hydroxyl groups excluding tert-OH is 2. The summed E-state index contributed by atoms with van der Waals surface area (Å²) < 4.78 is 5.87. The Hall–Kier alpha value is -3.48. The maximum atomic E-state index is 13.1. The zero-order valence-corrected chi connectivity index (χ0v) is 39.2. The van der Waals surface area contributed by atoms with Crippen molar-refractivity contribution in [3.8, 4) is 0 Å². The van der Waals surface area contributed by atoms with E-state index in [0.717, 1.165) is 83.5 Å². The predicted octanol–water partition coefficient (Wildman–Crippen LogP) is 14.7. The molecule has 0 aromatic carbocycles. The number of carbonyl (C=O) groups excluding carboxylic acids is 2. The van der Waals surface area contributed by atoms with Gasteiger partial charge in [-0.1, -0.05) is 214 Å². The van der Waals surface area contributed by atoms with Crippen LogP contribution in [0.1, 0.15) is 201 Å². The summed E-state index contributed by atoms with van der Waals surface area (Å²) in [7, 11) is 0. The van der Waals surface area contributed by atoms with Crippen LogP contribution in [0.4, 0.5) is 0 Å². The van der Waals surface area contributed by atoms with Crippen molar-refractivity contribution < 1.29 is 24.5 Å². The van der Waals surface area contributed by atoms with Crippen molar-refractivity contribution in [2.24, 2.45) is 0 Å². The fourth-order valence-electron chi connectivity index (χ4n) is 6.73. The van der Waals surface area contributed by atoms with Crippen LogP contribution in [0.25, 0.3) is 0 Å². The Morgan fingerprint density at radius 2 is 0.967 bits per heavy atom. The maximum Gasteiger partial charge on any atom is 0.306 e. The van der Waals surface area contributed by atoms with Gasteiger partial charge in [0.25, 0.3) is 0 Å². The molecule has 0 saturated carbocycles. The number of rotatable bonds is 42. The number of allylic oxidation sites excluding steroid dienone is 18. The van der Waals surface area contributed by atoms with Crippen molar-refractivity contribution in [3.63, 3.8) is 0 Å². The monoisotopic (exact) mass is 846 g/mol. The molecule has 3 unspecified atom stereocenters. The van der Waals surface area contributed by atoms with E-state index in [-0.39, 0.29) is 24.9 Å². The SMILES string of the molecule is CC/C=C/C=C/C=C\C=C/C=C/CCCC(CC(=O)NC(CO)C(O)CCCCCCCCCCCC)OC(=O)CCCCC/C=C\C/C=C\C/C=C\C/C=C\CCCCC. The van der Waals surface area contributed by atoms with Gasteiger partial charge in [-0.15, -0.1) is 0 Å². The van der Waals surface area contributed by atoms with Gasteiger partial charge in [0.1, 0.15) is 6.10 Å². The molecule has 0 radical (unpaired) electrons. The number of amides is 1. The zero-order valence-electron chi connectivity index (χ0n) is 39.2. The number of unbranched alkanes of at least 4 members (excludes halogenated alkanes) is 16. The molecule has 0 fully saturated rings. The largest absolute Gasteiger partial charge is 0.462 e. The average Bonchev–Trinajstić information content (AvgIpc) is 3.25. The highest BCUT2D eigenvalue weighted by Crippen LogP contribution is 2.16. The molecule has 0 rings (SSSR count). The minimum Gasteiger partial charge on any atom is -0.462 e. The standard InChI is InChI=1S/C55H91NO5/c1-4-7-10-13-16-19-22-24-25-26-27-28-29-31-33-36-39-42-45-48-55(60)61-51(46-43-40-37-34-32-30-23-20-17-14-11-8-5-2)49-54(59)56-52(50-57)53(58)47-44-41-38-35-21-18-15-12-9-6-3/h8,11,14,16-17,19-20,23-25,27-28,30-34,37,51-53,57-58H,4-7,9-10,12-13,15,18,21-22,26,29,35-36,38-50H2,1-3H3,(H,56,59)/b11-8+,17-14+,19-16-,23-20-,25-24-,28-27-,32-30-,33-31-,37-34+. The second-order valence-electron chi connectivity index (χ2n) is 16.2. The van der Waals surface area contributed by atoms with Gasteiger partial charge in [0.2, 0.25) is 5.91 Å². The van der Waals surface area contributed by atoms with Crippen molar-refractivity contribution in [2.45, 2.75) is 219 Å². The quantitative estimate of drug-likeness (QED) is 0.0246. The summed E-state index contributed by atoms with van der Waals surface area (Å²) in [4.78, 5) is 26.1. The first-order chi connectivity index (χ1) is 30.0. The summed E-state index contributed by atoms with van der Waals surface area (Å²) in [6.45, 7) is 6.25. The summed E-state index contributed by atoms with van der Waals surface area (Å²) in [6, 6.07) is -0.737. The molecule has 0 aromatic rings. The molecule has 3 atom stereocenters. The van der Waals surface area contributed by atoms with Crippen molar-refractivity contribution >= 4 is 11.9 Å². The average molecular weight is 846 g/mol. The Balaban J connectivity index is 4.75. The van der Waals surface area contributed by atoms with E-state index >= 15 is 0 Å². The van der Waals surface area contributed by atoms with Crippen LogP contribution in [0, 0.1) is 0 Å². The Bertz CT molecular complexity index is 1270. The molecule has 0 spiro atoms. The predicted molar refractivity (Wildman–Crippen MR) is 263 cm³/mol. The second kappa shape index (κ2) is 47.6.